The van der Waals surface area contributed by atoms with Crippen molar-refractivity contribution in [1.82, 2.24) is 10.2 Å². The van der Waals surface area contributed by atoms with Gasteiger partial charge >= 0.3 is 6.03 Å². The lowest BCUT2D eigenvalue weighted by molar-refractivity contribution is 0.224. The fraction of sp³-hybridized carbons (Fsp3) is 0.533. The third-order valence-corrected chi connectivity index (χ3v) is 3.58. The van der Waals surface area contributed by atoms with Crippen LogP contribution in [0.15, 0.2) is 24.3 Å². The zero-order valence-corrected chi connectivity index (χ0v) is 11.9. The molecule has 0 saturated carbocycles. The molecule has 1 fully saturated rings. The highest BCUT2D eigenvalue weighted by molar-refractivity contribution is 5.89. The van der Waals surface area contributed by atoms with E-state index in [1.807, 2.05) is 24.3 Å². The van der Waals surface area contributed by atoms with E-state index < -0.39 is 0 Å². The van der Waals surface area contributed by atoms with Crippen LogP contribution in [-0.4, -0.2) is 37.1 Å². The van der Waals surface area contributed by atoms with Crippen LogP contribution in [0.4, 0.5) is 10.5 Å². The largest absolute Gasteiger partial charge is 0.337 e. The Balaban J connectivity index is 1.69. The molecule has 0 atom stereocenters. The van der Waals surface area contributed by atoms with Crippen LogP contribution in [0.1, 0.15) is 24.8 Å². The second kappa shape index (κ2) is 7.87. The van der Waals surface area contributed by atoms with Crippen LogP contribution in [0.25, 0.3) is 0 Å². The first kappa shape index (κ1) is 14.8. The molecule has 0 spiro atoms. The van der Waals surface area contributed by atoms with Gasteiger partial charge in [-0.1, -0.05) is 18.6 Å². The molecule has 2 rings (SSSR count). The van der Waals surface area contributed by atoms with Gasteiger partial charge in [-0.25, -0.2) is 4.79 Å². The Labute approximate surface area is 120 Å². The number of rotatable bonds is 5. The quantitative estimate of drug-likeness (QED) is 0.767. The predicted octanol–water partition coefficient (Wildman–Crippen LogP) is 1.75. The Hall–Kier alpha value is -1.59. The van der Waals surface area contributed by atoms with Crippen molar-refractivity contribution in [2.75, 3.05) is 31.5 Å². The predicted molar refractivity (Wildman–Crippen MR) is 81.6 cm³/mol. The van der Waals surface area contributed by atoms with Crippen molar-refractivity contribution >= 4 is 11.7 Å². The second-order valence-corrected chi connectivity index (χ2v) is 5.19. The van der Waals surface area contributed by atoms with Gasteiger partial charge in [0.2, 0.25) is 0 Å². The molecule has 0 aliphatic carbocycles. The van der Waals surface area contributed by atoms with Crippen molar-refractivity contribution in [2.45, 2.75) is 25.8 Å². The molecule has 0 unspecified atom stereocenters. The van der Waals surface area contributed by atoms with Gasteiger partial charge in [0, 0.05) is 25.3 Å². The minimum absolute atomic E-state index is 0.156. The molecule has 0 bridgehead atoms. The van der Waals surface area contributed by atoms with E-state index in [2.05, 4.69) is 15.5 Å². The van der Waals surface area contributed by atoms with Gasteiger partial charge < -0.3 is 21.3 Å². The number of piperidine rings is 1. The monoisotopic (exact) mass is 276 g/mol. The number of nitrogens with zero attached hydrogens (tertiary/aromatic N) is 1. The molecule has 0 radical (unpaired) electrons. The highest BCUT2D eigenvalue weighted by Crippen LogP contribution is 2.10. The summed E-state index contributed by atoms with van der Waals surface area (Å²) >= 11 is 0. The maximum absolute atomic E-state index is 11.8. The van der Waals surface area contributed by atoms with Crippen LogP contribution in [0.5, 0.6) is 0 Å². The summed E-state index contributed by atoms with van der Waals surface area (Å²) in [6.45, 7) is 4.40. The van der Waals surface area contributed by atoms with E-state index in [0.29, 0.717) is 13.1 Å². The molecular formula is C15H24N4O. The number of nitrogens with one attached hydrogen (secondary N) is 2. The Morgan fingerprint density at radius 2 is 2.05 bits per heavy atom. The number of carbonyl (C=O) groups is 1. The Kier molecular flexibility index (Phi) is 5.83. The first-order valence-electron chi connectivity index (χ1n) is 7.34. The minimum atomic E-state index is -0.156. The third kappa shape index (κ3) is 4.83. The maximum atomic E-state index is 11.8. The van der Waals surface area contributed by atoms with Crippen LogP contribution >= 0.6 is 0 Å². The summed E-state index contributed by atoms with van der Waals surface area (Å²) in [6.07, 6.45) is 3.89. The SMILES string of the molecule is NCc1cccc(NC(=O)NCCN2CCCCC2)c1. The summed E-state index contributed by atoms with van der Waals surface area (Å²) in [4.78, 5) is 14.2. The summed E-state index contributed by atoms with van der Waals surface area (Å²) in [7, 11) is 0. The molecule has 1 saturated heterocycles. The van der Waals surface area contributed by atoms with Gasteiger partial charge in [-0.15, -0.1) is 0 Å². The summed E-state index contributed by atoms with van der Waals surface area (Å²) in [6, 6.07) is 7.44. The van der Waals surface area contributed by atoms with E-state index in [4.69, 9.17) is 5.73 Å². The number of benzene rings is 1. The van der Waals surface area contributed by atoms with Crippen molar-refractivity contribution in [3.05, 3.63) is 29.8 Å². The highest BCUT2D eigenvalue weighted by Gasteiger charge is 2.09. The zero-order valence-electron chi connectivity index (χ0n) is 11.9. The number of hydrogen-bond donors (Lipinski definition) is 3. The molecule has 1 aliphatic heterocycles. The molecule has 1 heterocycles. The lowest BCUT2D eigenvalue weighted by Gasteiger charge is -2.26. The lowest BCUT2D eigenvalue weighted by atomic mass is 10.1. The van der Waals surface area contributed by atoms with Crippen molar-refractivity contribution in [1.29, 1.82) is 0 Å². The van der Waals surface area contributed by atoms with Crippen LogP contribution in [-0.2, 0) is 6.54 Å². The molecule has 1 aliphatic rings. The number of urea groups is 1. The number of hydrogen-bond acceptors (Lipinski definition) is 3. The highest BCUT2D eigenvalue weighted by atomic mass is 16.2. The molecule has 110 valence electrons. The van der Waals surface area contributed by atoms with Crippen molar-refractivity contribution in [3.63, 3.8) is 0 Å². The molecule has 5 heteroatoms. The van der Waals surface area contributed by atoms with Crippen molar-refractivity contribution < 1.29 is 4.79 Å². The first-order chi connectivity index (χ1) is 9.78. The lowest BCUT2D eigenvalue weighted by Crippen LogP contribution is -2.39. The van der Waals surface area contributed by atoms with E-state index in [0.717, 1.165) is 30.9 Å². The Morgan fingerprint density at radius 1 is 1.25 bits per heavy atom. The zero-order chi connectivity index (χ0) is 14.2. The molecule has 4 N–H and O–H groups in total. The number of carbonyl (C=O) groups excluding carboxylic acids is 1. The first-order valence-corrected chi connectivity index (χ1v) is 7.34. The number of nitrogens with two attached hydrogens (primary N) is 1. The molecule has 5 nitrogen and oxygen atoms in total. The number of amides is 2. The van der Waals surface area contributed by atoms with E-state index in [-0.39, 0.29) is 6.03 Å². The van der Waals surface area contributed by atoms with Gasteiger partial charge in [-0.3, -0.25) is 0 Å². The molecule has 20 heavy (non-hydrogen) atoms. The summed E-state index contributed by atoms with van der Waals surface area (Å²) in [5.74, 6) is 0. The molecule has 1 aromatic carbocycles. The number of anilines is 1. The van der Waals surface area contributed by atoms with E-state index in [9.17, 15) is 4.79 Å². The Bertz CT molecular complexity index is 430. The fourth-order valence-corrected chi connectivity index (χ4v) is 2.46. The van der Waals surface area contributed by atoms with E-state index in [1.54, 1.807) is 0 Å². The van der Waals surface area contributed by atoms with Crippen LogP contribution in [0, 0.1) is 0 Å². The van der Waals surface area contributed by atoms with Crippen LogP contribution in [0.3, 0.4) is 0 Å². The normalized spacial score (nSPS) is 15.8. The molecule has 1 aromatic rings. The summed E-state index contributed by atoms with van der Waals surface area (Å²) in [5.41, 5.74) is 7.37. The topological polar surface area (TPSA) is 70.4 Å². The van der Waals surface area contributed by atoms with Crippen LogP contribution in [0.2, 0.25) is 0 Å². The van der Waals surface area contributed by atoms with Crippen LogP contribution < -0.4 is 16.4 Å². The summed E-state index contributed by atoms with van der Waals surface area (Å²) < 4.78 is 0. The minimum Gasteiger partial charge on any atom is -0.337 e. The standard InChI is InChI=1S/C15H24N4O/c16-12-13-5-4-6-14(11-13)18-15(20)17-7-10-19-8-2-1-3-9-19/h4-6,11H,1-3,7-10,12,16H2,(H2,17,18,20). The average molecular weight is 276 g/mol. The van der Waals surface area contributed by atoms with E-state index >= 15 is 0 Å². The smallest absolute Gasteiger partial charge is 0.319 e. The number of likely N-dealkylation sites (tertiary alicyclic amines) is 1. The molecule has 0 aromatic heterocycles. The van der Waals surface area contributed by atoms with Gasteiger partial charge in [0.05, 0.1) is 0 Å². The van der Waals surface area contributed by atoms with E-state index in [1.165, 1.54) is 19.3 Å². The van der Waals surface area contributed by atoms with Crippen molar-refractivity contribution in [3.8, 4) is 0 Å². The third-order valence-electron chi connectivity index (χ3n) is 3.58. The van der Waals surface area contributed by atoms with Gasteiger partial charge in [0.25, 0.3) is 0 Å². The maximum Gasteiger partial charge on any atom is 0.319 e. The summed E-state index contributed by atoms with van der Waals surface area (Å²) in [5, 5.41) is 5.72. The van der Waals surface area contributed by atoms with Gasteiger partial charge in [-0.2, -0.15) is 0 Å². The van der Waals surface area contributed by atoms with Gasteiger partial charge in [0.1, 0.15) is 0 Å². The van der Waals surface area contributed by atoms with Crippen molar-refractivity contribution in [2.24, 2.45) is 5.73 Å². The molecular weight excluding hydrogens is 252 g/mol. The average Bonchev–Trinajstić information content (AvgIpc) is 2.48. The van der Waals surface area contributed by atoms with Gasteiger partial charge in [-0.05, 0) is 43.6 Å². The Morgan fingerprint density at radius 3 is 2.80 bits per heavy atom. The molecule has 2 amide bonds. The van der Waals surface area contributed by atoms with Gasteiger partial charge in [0.15, 0.2) is 0 Å². The second-order valence-electron chi connectivity index (χ2n) is 5.19. The fourth-order valence-electron chi connectivity index (χ4n) is 2.46.